The van der Waals surface area contributed by atoms with Gasteiger partial charge in [-0.2, -0.15) is 5.10 Å². The van der Waals surface area contributed by atoms with Gasteiger partial charge in [-0.1, -0.05) is 30.8 Å². The highest BCUT2D eigenvalue weighted by molar-refractivity contribution is 5.91. The van der Waals surface area contributed by atoms with E-state index in [1.807, 2.05) is 18.2 Å². The third-order valence-corrected chi connectivity index (χ3v) is 4.72. The number of carbonyl (C=O) groups is 1. The molecule has 0 aliphatic rings. The van der Waals surface area contributed by atoms with E-state index < -0.39 is 5.97 Å². The summed E-state index contributed by atoms with van der Waals surface area (Å²) in [7, 11) is 0. The normalized spacial score (nSPS) is 10.8. The summed E-state index contributed by atoms with van der Waals surface area (Å²) in [5.74, 6) is -1.24. The molecular formula is C23H18FN3O2. The largest absolute Gasteiger partial charge is 0.478 e. The van der Waals surface area contributed by atoms with E-state index in [9.17, 15) is 9.18 Å². The molecule has 1 heterocycles. The minimum atomic E-state index is -0.946. The molecule has 0 bridgehead atoms. The standard InChI is InChI=1S/C23H18FN3O2/c1-15(25-13-16-5-7-17(8-6-16)23(28)29)20-3-2-4-22-21(20)14-26-27(22)19-11-9-18(24)10-12-19/h2-12,14,25H,1,13H2,(H,28,29). The Labute approximate surface area is 166 Å². The molecule has 6 heteroatoms. The lowest BCUT2D eigenvalue weighted by atomic mass is 10.1. The molecule has 3 aromatic carbocycles. The van der Waals surface area contributed by atoms with Crippen LogP contribution in [0.2, 0.25) is 0 Å². The van der Waals surface area contributed by atoms with Crippen LogP contribution >= 0.6 is 0 Å². The second-order valence-electron chi connectivity index (χ2n) is 6.61. The maximum atomic E-state index is 13.2. The first-order valence-electron chi connectivity index (χ1n) is 9.01. The number of nitrogens with zero attached hydrogens (tertiary/aromatic N) is 2. The van der Waals surface area contributed by atoms with Crippen LogP contribution in [-0.2, 0) is 6.54 Å². The molecule has 0 amide bonds. The van der Waals surface area contributed by atoms with Crippen molar-refractivity contribution in [1.82, 2.24) is 15.1 Å². The molecule has 2 N–H and O–H groups in total. The van der Waals surface area contributed by atoms with Gasteiger partial charge in [-0.15, -0.1) is 0 Å². The third-order valence-electron chi connectivity index (χ3n) is 4.72. The number of nitrogens with one attached hydrogen (secondary N) is 1. The predicted molar refractivity (Wildman–Crippen MR) is 110 cm³/mol. The molecular weight excluding hydrogens is 369 g/mol. The van der Waals surface area contributed by atoms with Crippen LogP contribution in [0.3, 0.4) is 0 Å². The van der Waals surface area contributed by atoms with E-state index in [2.05, 4.69) is 17.0 Å². The van der Waals surface area contributed by atoms with Gasteiger partial charge in [-0.3, -0.25) is 0 Å². The summed E-state index contributed by atoms with van der Waals surface area (Å²) in [4.78, 5) is 11.0. The molecule has 0 aliphatic carbocycles. The van der Waals surface area contributed by atoms with Crippen LogP contribution in [0.1, 0.15) is 21.5 Å². The van der Waals surface area contributed by atoms with Crippen molar-refractivity contribution in [3.63, 3.8) is 0 Å². The molecule has 0 radical (unpaired) electrons. The molecule has 0 saturated carbocycles. The lowest BCUT2D eigenvalue weighted by Crippen LogP contribution is -2.11. The summed E-state index contributed by atoms with van der Waals surface area (Å²) in [6.07, 6.45) is 1.77. The number of hydrogen-bond acceptors (Lipinski definition) is 3. The molecule has 1 aromatic heterocycles. The summed E-state index contributed by atoms with van der Waals surface area (Å²) in [5.41, 5.74) is 4.52. The van der Waals surface area contributed by atoms with Crippen molar-refractivity contribution >= 4 is 22.6 Å². The Morgan fingerprint density at radius 3 is 2.48 bits per heavy atom. The van der Waals surface area contributed by atoms with Crippen LogP contribution in [-0.4, -0.2) is 20.9 Å². The van der Waals surface area contributed by atoms with Crippen molar-refractivity contribution in [1.29, 1.82) is 0 Å². The van der Waals surface area contributed by atoms with Crippen LogP contribution < -0.4 is 5.32 Å². The van der Waals surface area contributed by atoms with Gasteiger partial charge in [0.1, 0.15) is 5.82 Å². The maximum Gasteiger partial charge on any atom is 0.335 e. The lowest BCUT2D eigenvalue weighted by Gasteiger charge is -2.11. The summed E-state index contributed by atoms with van der Waals surface area (Å²) in [5, 5.41) is 17.6. The molecule has 4 rings (SSSR count). The second kappa shape index (κ2) is 7.59. The fourth-order valence-corrected chi connectivity index (χ4v) is 3.17. The zero-order chi connectivity index (χ0) is 20.4. The highest BCUT2D eigenvalue weighted by Gasteiger charge is 2.11. The predicted octanol–water partition coefficient (Wildman–Crippen LogP) is 4.62. The summed E-state index contributed by atoms with van der Waals surface area (Å²) in [6, 6.07) is 18.7. The van der Waals surface area contributed by atoms with Gasteiger partial charge >= 0.3 is 5.97 Å². The summed E-state index contributed by atoms with van der Waals surface area (Å²) < 4.78 is 15.0. The van der Waals surface area contributed by atoms with Crippen LogP contribution in [0.15, 0.2) is 79.5 Å². The summed E-state index contributed by atoms with van der Waals surface area (Å²) in [6.45, 7) is 4.65. The van der Waals surface area contributed by atoms with E-state index in [1.54, 1.807) is 47.3 Å². The molecule has 4 aromatic rings. The van der Waals surface area contributed by atoms with Gasteiger partial charge in [0.05, 0.1) is 23.0 Å². The van der Waals surface area contributed by atoms with Crippen LogP contribution in [0.4, 0.5) is 4.39 Å². The van der Waals surface area contributed by atoms with Gasteiger partial charge in [0.2, 0.25) is 0 Å². The minimum absolute atomic E-state index is 0.255. The average Bonchev–Trinajstić information content (AvgIpc) is 3.17. The fraction of sp³-hybridized carbons (Fsp3) is 0.0435. The maximum absolute atomic E-state index is 13.2. The zero-order valence-electron chi connectivity index (χ0n) is 15.5. The van der Waals surface area contributed by atoms with E-state index in [-0.39, 0.29) is 11.4 Å². The topological polar surface area (TPSA) is 67.2 Å². The van der Waals surface area contributed by atoms with E-state index in [1.165, 1.54) is 12.1 Å². The molecule has 0 aliphatic heterocycles. The molecule has 0 saturated heterocycles. The van der Waals surface area contributed by atoms with Gasteiger partial charge in [0.25, 0.3) is 0 Å². The first-order valence-corrected chi connectivity index (χ1v) is 9.01. The number of halogens is 1. The zero-order valence-corrected chi connectivity index (χ0v) is 15.5. The third kappa shape index (κ3) is 3.73. The van der Waals surface area contributed by atoms with Crippen LogP contribution in [0, 0.1) is 5.82 Å². The highest BCUT2D eigenvalue weighted by Crippen LogP contribution is 2.25. The number of hydrogen-bond donors (Lipinski definition) is 2. The van der Waals surface area contributed by atoms with Gasteiger partial charge < -0.3 is 10.4 Å². The Bertz CT molecular complexity index is 1200. The Morgan fingerprint density at radius 2 is 1.79 bits per heavy atom. The SMILES string of the molecule is C=C(NCc1ccc(C(=O)O)cc1)c1cccc2c1cnn2-c1ccc(F)cc1. The first kappa shape index (κ1) is 18.4. The average molecular weight is 387 g/mol. The Kier molecular flexibility index (Phi) is 4.83. The highest BCUT2D eigenvalue weighted by atomic mass is 19.1. The number of fused-ring (bicyclic) bond motifs is 1. The molecule has 29 heavy (non-hydrogen) atoms. The number of rotatable bonds is 6. The van der Waals surface area contributed by atoms with Crippen LogP contribution in [0.25, 0.3) is 22.3 Å². The molecule has 144 valence electrons. The van der Waals surface area contributed by atoms with Crippen molar-refractivity contribution in [3.05, 3.63) is 102 Å². The van der Waals surface area contributed by atoms with Crippen molar-refractivity contribution in [2.45, 2.75) is 6.54 Å². The monoisotopic (exact) mass is 387 g/mol. The number of aromatic nitrogens is 2. The quantitative estimate of drug-likeness (QED) is 0.506. The van der Waals surface area contributed by atoms with E-state index in [0.29, 0.717) is 6.54 Å². The number of aromatic carboxylic acids is 1. The summed E-state index contributed by atoms with van der Waals surface area (Å²) >= 11 is 0. The van der Waals surface area contributed by atoms with E-state index in [0.717, 1.165) is 33.4 Å². The first-order chi connectivity index (χ1) is 14.0. The van der Waals surface area contributed by atoms with E-state index in [4.69, 9.17) is 5.11 Å². The van der Waals surface area contributed by atoms with Gasteiger partial charge in [0, 0.05) is 23.2 Å². The number of benzene rings is 3. The second-order valence-corrected chi connectivity index (χ2v) is 6.61. The molecule has 0 atom stereocenters. The van der Waals surface area contributed by atoms with Gasteiger partial charge in [-0.25, -0.2) is 13.9 Å². The van der Waals surface area contributed by atoms with Crippen molar-refractivity contribution in [3.8, 4) is 5.69 Å². The van der Waals surface area contributed by atoms with Gasteiger partial charge in [-0.05, 0) is 48.0 Å². The number of carboxylic acid groups (broad SMARTS) is 1. The molecule has 0 spiro atoms. The lowest BCUT2D eigenvalue weighted by molar-refractivity contribution is 0.0697. The van der Waals surface area contributed by atoms with Crippen LogP contribution in [0.5, 0.6) is 0 Å². The molecule has 0 unspecified atom stereocenters. The Morgan fingerprint density at radius 1 is 1.07 bits per heavy atom. The molecule has 5 nitrogen and oxygen atoms in total. The van der Waals surface area contributed by atoms with Crippen molar-refractivity contribution in [2.75, 3.05) is 0 Å². The van der Waals surface area contributed by atoms with E-state index >= 15 is 0 Å². The fourth-order valence-electron chi connectivity index (χ4n) is 3.17. The van der Waals surface area contributed by atoms with Gasteiger partial charge in [0.15, 0.2) is 0 Å². The van der Waals surface area contributed by atoms with Crippen molar-refractivity contribution < 1.29 is 14.3 Å². The van der Waals surface area contributed by atoms with Crippen molar-refractivity contribution in [2.24, 2.45) is 0 Å². The molecule has 0 fully saturated rings. The Hall–Kier alpha value is -3.93. The Balaban J connectivity index is 1.56. The number of carboxylic acids is 1. The minimum Gasteiger partial charge on any atom is -0.478 e. The smallest absolute Gasteiger partial charge is 0.335 e.